The third kappa shape index (κ3) is 14.2. The van der Waals surface area contributed by atoms with Crippen molar-refractivity contribution in [3.63, 3.8) is 0 Å². The van der Waals surface area contributed by atoms with E-state index in [0.717, 1.165) is 24.3 Å². The molecule has 0 saturated heterocycles. The number of unbranched alkanes of at least 4 members (excludes halogenated alkanes) is 9. The van der Waals surface area contributed by atoms with E-state index < -0.39 is 10.8 Å². The quantitative estimate of drug-likeness (QED) is 0.487. The summed E-state index contributed by atoms with van der Waals surface area (Å²) in [5.41, 5.74) is 5.40. The van der Waals surface area contributed by atoms with Gasteiger partial charge in [-0.25, -0.2) is 0 Å². The molecular formula is C15H33NOS. The summed E-state index contributed by atoms with van der Waals surface area (Å²) in [4.78, 5) is 0. The predicted octanol–water partition coefficient (Wildman–Crippen LogP) is 4.00. The Kier molecular flexibility index (Phi) is 15.3. The summed E-state index contributed by atoms with van der Waals surface area (Å²) in [5.74, 6) is 1.68. The summed E-state index contributed by atoms with van der Waals surface area (Å²) >= 11 is 0. The van der Waals surface area contributed by atoms with Crippen molar-refractivity contribution in [3.05, 3.63) is 0 Å². The zero-order chi connectivity index (χ0) is 13.5. The fraction of sp³-hybridized carbons (Fsp3) is 1.00. The lowest BCUT2D eigenvalue weighted by molar-refractivity contribution is 0.562. The molecule has 0 saturated carbocycles. The van der Waals surface area contributed by atoms with Gasteiger partial charge in [-0.1, -0.05) is 64.7 Å². The van der Waals surface area contributed by atoms with Gasteiger partial charge in [0.1, 0.15) is 0 Å². The van der Waals surface area contributed by atoms with E-state index in [0.29, 0.717) is 6.54 Å². The molecular weight excluding hydrogens is 242 g/mol. The van der Waals surface area contributed by atoms with Gasteiger partial charge in [0.2, 0.25) is 0 Å². The lowest BCUT2D eigenvalue weighted by Crippen LogP contribution is -2.08. The average Bonchev–Trinajstić information content (AvgIpc) is 2.38. The average molecular weight is 276 g/mol. The molecule has 2 N–H and O–H groups in total. The highest BCUT2D eigenvalue weighted by Gasteiger charge is 1.98. The van der Waals surface area contributed by atoms with E-state index in [-0.39, 0.29) is 0 Å². The highest BCUT2D eigenvalue weighted by Crippen LogP contribution is 2.10. The van der Waals surface area contributed by atoms with Crippen LogP contribution in [0.4, 0.5) is 0 Å². The maximum absolute atomic E-state index is 11.5. The highest BCUT2D eigenvalue weighted by molar-refractivity contribution is 7.84. The number of hydrogen-bond donors (Lipinski definition) is 1. The third-order valence-corrected chi connectivity index (χ3v) is 4.79. The normalized spacial score (nSPS) is 12.8. The maximum atomic E-state index is 11.5. The molecule has 0 heterocycles. The molecule has 0 aromatic rings. The van der Waals surface area contributed by atoms with Crippen molar-refractivity contribution in [1.82, 2.24) is 0 Å². The van der Waals surface area contributed by atoms with Crippen LogP contribution in [0, 0.1) is 0 Å². The molecule has 2 nitrogen and oxygen atoms in total. The molecule has 0 aliphatic carbocycles. The third-order valence-electron chi connectivity index (χ3n) is 3.30. The second kappa shape index (κ2) is 15.2. The lowest BCUT2D eigenvalue weighted by Gasteiger charge is -2.03. The van der Waals surface area contributed by atoms with Gasteiger partial charge in [0.05, 0.1) is 0 Å². The van der Waals surface area contributed by atoms with Crippen LogP contribution in [0.25, 0.3) is 0 Å². The van der Waals surface area contributed by atoms with Crippen LogP contribution in [0.2, 0.25) is 0 Å². The first kappa shape index (κ1) is 18.1. The Hall–Kier alpha value is 0.110. The zero-order valence-corrected chi connectivity index (χ0v) is 13.1. The lowest BCUT2D eigenvalue weighted by atomic mass is 10.1. The smallest absolute Gasteiger partial charge is 0.0246 e. The minimum absolute atomic E-state index is 0.613. The Labute approximate surface area is 117 Å². The van der Waals surface area contributed by atoms with Crippen LogP contribution in [0.15, 0.2) is 0 Å². The van der Waals surface area contributed by atoms with E-state index in [1.165, 1.54) is 57.8 Å². The Morgan fingerprint density at radius 2 is 1.17 bits per heavy atom. The van der Waals surface area contributed by atoms with Gasteiger partial charge in [-0.15, -0.1) is 0 Å². The second-order valence-electron chi connectivity index (χ2n) is 5.17. The molecule has 1 atom stereocenters. The van der Waals surface area contributed by atoms with Crippen LogP contribution < -0.4 is 5.73 Å². The highest BCUT2D eigenvalue weighted by atomic mass is 32.2. The Bertz CT molecular complexity index is 185. The maximum Gasteiger partial charge on any atom is 0.0246 e. The van der Waals surface area contributed by atoms with E-state index in [4.69, 9.17) is 5.73 Å². The molecule has 0 rings (SSSR count). The monoisotopic (exact) mass is 275 g/mol. The summed E-state index contributed by atoms with van der Waals surface area (Å²) in [7, 11) is -0.613. The minimum Gasteiger partial charge on any atom is -0.330 e. The molecule has 0 spiro atoms. The first-order chi connectivity index (χ1) is 8.81. The molecule has 0 fully saturated rings. The first-order valence-corrected chi connectivity index (χ1v) is 9.35. The van der Waals surface area contributed by atoms with Crippen molar-refractivity contribution >= 4 is 10.8 Å². The Morgan fingerprint density at radius 3 is 1.67 bits per heavy atom. The van der Waals surface area contributed by atoms with Crippen molar-refractivity contribution in [3.8, 4) is 0 Å². The van der Waals surface area contributed by atoms with Crippen molar-refractivity contribution in [2.45, 2.75) is 77.6 Å². The summed E-state index contributed by atoms with van der Waals surface area (Å²) < 4.78 is 11.5. The van der Waals surface area contributed by atoms with Gasteiger partial charge in [-0.3, -0.25) is 4.21 Å². The van der Waals surface area contributed by atoms with Gasteiger partial charge < -0.3 is 5.73 Å². The van der Waals surface area contributed by atoms with Crippen LogP contribution in [0.5, 0.6) is 0 Å². The molecule has 0 aliphatic heterocycles. The minimum atomic E-state index is -0.613. The van der Waals surface area contributed by atoms with E-state index in [1.807, 2.05) is 0 Å². The van der Waals surface area contributed by atoms with Crippen molar-refractivity contribution in [2.24, 2.45) is 5.73 Å². The van der Waals surface area contributed by atoms with Gasteiger partial charge in [-0.2, -0.15) is 0 Å². The summed E-state index contributed by atoms with van der Waals surface area (Å²) in [5, 5.41) is 0. The SMILES string of the molecule is CCCCCCCCCCCCS(=O)CCCN. The molecule has 0 aliphatic rings. The van der Waals surface area contributed by atoms with E-state index >= 15 is 0 Å². The molecule has 18 heavy (non-hydrogen) atoms. The Balaban J connectivity index is 3.04. The molecule has 110 valence electrons. The summed E-state index contributed by atoms with van der Waals surface area (Å²) in [6.07, 6.45) is 14.3. The van der Waals surface area contributed by atoms with Crippen molar-refractivity contribution in [2.75, 3.05) is 18.1 Å². The van der Waals surface area contributed by atoms with Crippen LogP contribution >= 0.6 is 0 Å². The number of hydrogen-bond acceptors (Lipinski definition) is 2. The van der Waals surface area contributed by atoms with E-state index in [1.54, 1.807) is 0 Å². The number of nitrogens with two attached hydrogens (primary N) is 1. The van der Waals surface area contributed by atoms with Gasteiger partial charge >= 0.3 is 0 Å². The largest absolute Gasteiger partial charge is 0.330 e. The van der Waals surface area contributed by atoms with E-state index in [9.17, 15) is 4.21 Å². The van der Waals surface area contributed by atoms with Crippen molar-refractivity contribution < 1.29 is 4.21 Å². The van der Waals surface area contributed by atoms with Crippen molar-refractivity contribution in [1.29, 1.82) is 0 Å². The fourth-order valence-corrected chi connectivity index (χ4v) is 3.32. The van der Waals surface area contributed by atoms with Crippen LogP contribution in [-0.4, -0.2) is 22.3 Å². The summed E-state index contributed by atoms with van der Waals surface area (Å²) in [6, 6.07) is 0. The number of rotatable bonds is 14. The zero-order valence-electron chi connectivity index (χ0n) is 12.3. The molecule has 1 unspecified atom stereocenters. The van der Waals surface area contributed by atoms with E-state index in [2.05, 4.69) is 6.92 Å². The fourth-order valence-electron chi connectivity index (χ4n) is 2.10. The van der Waals surface area contributed by atoms with Crippen LogP contribution in [-0.2, 0) is 10.8 Å². The molecule has 0 bridgehead atoms. The van der Waals surface area contributed by atoms with Gasteiger partial charge in [0, 0.05) is 22.3 Å². The molecule has 0 amide bonds. The summed E-state index contributed by atoms with van der Waals surface area (Å²) in [6.45, 7) is 2.93. The predicted molar refractivity (Wildman–Crippen MR) is 83.4 cm³/mol. The molecule has 3 heteroatoms. The second-order valence-corrected chi connectivity index (χ2v) is 6.87. The Morgan fingerprint density at radius 1 is 0.722 bits per heavy atom. The van der Waals surface area contributed by atoms with Crippen LogP contribution in [0.1, 0.15) is 77.6 Å². The van der Waals surface area contributed by atoms with Gasteiger partial charge in [0.15, 0.2) is 0 Å². The van der Waals surface area contributed by atoms with Gasteiger partial charge in [-0.05, 0) is 19.4 Å². The molecule has 0 aromatic carbocycles. The topological polar surface area (TPSA) is 43.1 Å². The van der Waals surface area contributed by atoms with Crippen LogP contribution in [0.3, 0.4) is 0 Å². The molecule has 0 radical (unpaired) electrons. The first-order valence-electron chi connectivity index (χ1n) is 7.86. The standard InChI is InChI=1S/C15H33NOS/c1-2-3-4-5-6-7-8-9-10-11-14-18(17)15-12-13-16/h2-16H2,1H3. The van der Waals surface area contributed by atoms with Gasteiger partial charge in [0.25, 0.3) is 0 Å². The molecule has 0 aromatic heterocycles.